The van der Waals surface area contributed by atoms with Gasteiger partial charge in [-0.05, 0) is 37.1 Å². The minimum atomic E-state index is 0.551. The first-order chi connectivity index (χ1) is 8.30. The standard InChI is InChI=1S/C14H23NO2/c1-4-12(5-2)15-13-6-8-14(9-7-13)17-11-10-16-3/h6-9,12,15H,4-5,10-11H2,1-3H3. The average Bonchev–Trinajstić information content (AvgIpc) is 2.38. The molecule has 17 heavy (non-hydrogen) atoms. The summed E-state index contributed by atoms with van der Waals surface area (Å²) in [6, 6.07) is 8.64. The number of ether oxygens (including phenoxy) is 2. The molecule has 0 aliphatic rings. The van der Waals surface area contributed by atoms with E-state index in [1.807, 2.05) is 12.1 Å². The number of rotatable bonds is 8. The Morgan fingerprint density at radius 2 is 1.71 bits per heavy atom. The summed E-state index contributed by atoms with van der Waals surface area (Å²) in [6.45, 7) is 5.61. The molecule has 0 aromatic heterocycles. The van der Waals surface area contributed by atoms with Crippen molar-refractivity contribution in [2.75, 3.05) is 25.6 Å². The highest BCUT2D eigenvalue weighted by molar-refractivity contribution is 5.47. The van der Waals surface area contributed by atoms with Gasteiger partial charge in [0.15, 0.2) is 0 Å². The third-order valence-electron chi connectivity index (χ3n) is 2.77. The van der Waals surface area contributed by atoms with E-state index < -0.39 is 0 Å². The van der Waals surface area contributed by atoms with Gasteiger partial charge in [-0.3, -0.25) is 0 Å². The van der Waals surface area contributed by atoms with Crippen LogP contribution in [0.4, 0.5) is 5.69 Å². The average molecular weight is 237 g/mol. The molecule has 3 heteroatoms. The maximum Gasteiger partial charge on any atom is 0.119 e. The molecule has 0 saturated carbocycles. The Labute approximate surface area is 104 Å². The van der Waals surface area contributed by atoms with Crippen molar-refractivity contribution in [2.24, 2.45) is 0 Å². The monoisotopic (exact) mass is 237 g/mol. The maximum atomic E-state index is 5.51. The van der Waals surface area contributed by atoms with Crippen LogP contribution in [0.15, 0.2) is 24.3 Å². The number of nitrogens with one attached hydrogen (secondary N) is 1. The lowest BCUT2D eigenvalue weighted by Gasteiger charge is -2.16. The third kappa shape index (κ3) is 5.09. The highest BCUT2D eigenvalue weighted by Crippen LogP contribution is 2.17. The molecule has 0 atom stereocenters. The van der Waals surface area contributed by atoms with Crippen LogP contribution in [0.3, 0.4) is 0 Å². The molecular weight excluding hydrogens is 214 g/mol. The van der Waals surface area contributed by atoms with Gasteiger partial charge in [0.25, 0.3) is 0 Å². The van der Waals surface area contributed by atoms with Crippen LogP contribution in [-0.2, 0) is 4.74 Å². The quantitative estimate of drug-likeness (QED) is 0.704. The molecule has 0 aliphatic carbocycles. The van der Waals surface area contributed by atoms with Crippen molar-refractivity contribution in [3.63, 3.8) is 0 Å². The molecule has 1 N–H and O–H groups in total. The number of hydrogen-bond donors (Lipinski definition) is 1. The zero-order valence-electron chi connectivity index (χ0n) is 11.0. The van der Waals surface area contributed by atoms with Gasteiger partial charge in [0.1, 0.15) is 12.4 Å². The first-order valence-electron chi connectivity index (χ1n) is 6.28. The minimum Gasteiger partial charge on any atom is -0.491 e. The summed E-state index contributed by atoms with van der Waals surface area (Å²) in [5.74, 6) is 0.886. The molecule has 0 amide bonds. The van der Waals surface area contributed by atoms with Gasteiger partial charge < -0.3 is 14.8 Å². The second-order valence-electron chi connectivity index (χ2n) is 4.02. The summed E-state index contributed by atoms with van der Waals surface area (Å²) in [4.78, 5) is 0. The van der Waals surface area contributed by atoms with Gasteiger partial charge in [0.05, 0.1) is 6.61 Å². The van der Waals surface area contributed by atoms with Crippen LogP contribution in [0.25, 0.3) is 0 Å². The Bertz CT molecular complexity index is 294. The number of hydrogen-bond acceptors (Lipinski definition) is 3. The molecule has 1 aromatic rings. The van der Waals surface area contributed by atoms with Crippen molar-refractivity contribution in [1.82, 2.24) is 0 Å². The smallest absolute Gasteiger partial charge is 0.119 e. The fourth-order valence-corrected chi connectivity index (χ4v) is 1.62. The molecule has 1 rings (SSSR count). The molecule has 0 aliphatic heterocycles. The Balaban J connectivity index is 2.44. The maximum absolute atomic E-state index is 5.51. The number of anilines is 1. The fourth-order valence-electron chi connectivity index (χ4n) is 1.62. The number of benzene rings is 1. The molecule has 0 radical (unpaired) electrons. The van der Waals surface area contributed by atoms with Crippen LogP contribution in [-0.4, -0.2) is 26.4 Å². The summed E-state index contributed by atoms with van der Waals surface area (Å²) in [5.41, 5.74) is 1.15. The van der Waals surface area contributed by atoms with E-state index >= 15 is 0 Å². The Hall–Kier alpha value is -1.22. The van der Waals surface area contributed by atoms with E-state index in [2.05, 4.69) is 31.3 Å². The first kappa shape index (κ1) is 13.8. The highest BCUT2D eigenvalue weighted by atomic mass is 16.5. The van der Waals surface area contributed by atoms with Crippen LogP contribution in [0.2, 0.25) is 0 Å². The molecule has 0 heterocycles. The first-order valence-corrected chi connectivity index (χ1v) is 6.28. The Morgan fingerprint density at radius 3 is 2.24 bits per heavy atom. The molecule has 1 aromatic carbocycles. The zero-order valence-corrected chi connectivity index (χ0v) is 11.0. The summed E-state index contributed by atoms with van der Waals surface area (Å²) < 4.78 is 10.4. The lowest BCUT2D eigenvalue weighted by atomic mass is 10.1. The molecular formula is C14H23NO2. The van der Waals surface area contributed by atoms with Gasteiger partial charge in [-0.25, -0.2) is 0 Å². The van der Waals surface area contributed by atoms with E-state index in [1.165, 1.54) is 0 Å². The normalized spacial score (nSPS) is 10.6. The predicted molar refractivity (Wildman–Crippen MR) is 71.8 cm³/mol. The lowest BCUT2D eigenvalue weighted by molar-refractivity contribution is 0.146. The van der Waals surface area contributed by atoms with Crippen LogP contribution in [0.1, 0.15) is 26.7 Å². The van der Waals surface area contributed by atoms with Crippen molar-refractivity contribution in [3.05, 3.63) is 24.3 Å². The van der Waals surface area contributed by atoms with E-state index in [0.717, 1.165) is 24.3 Å². The molecule has 3 nitrogen and oxygen atoms in total. The van der Waals surface area contributed by atoms with Crippen LogP contribution < -0.4 is 10.1 Å². The molecule has 0 bridgehead atoms. The molecule has 0 unspecified atom stereocenters. The number of methoxy groups -OCH3 is 1. The van der Waals surface area contributed by atoms with E-state index in [1.54, 1.807) is 7.11 Å². The van der Waals surface area contributed by atoms with Crippen molar-refractivity contribution in [1.29, 1.82) is 0 Å². The summed E-state index contributed by atoms with van der Waals surface area (Å²) in [5, 5.41) is 3.49. The minimum absolute atomic E-state index is 0.551. The Kier molecular flexibility index (Phi) is 6.48. The predicted octanol–water partition coefficient (Wildman–Crippen LogP) is 3.31. The van der Waals surface area contributed by atoms with Gasteiger partial charge in [-0.1, -0.05) is 13.8 Å². The zero-order chi connectivity index (χ0) is 12.5. The fraction of sp³-hybridized carbons (Fsp3) is 0.571. The van der Waals surface area contributed by atoms with E-state index in [9.17, 15) is 0 Å². The lowest BCUT2D eigenvalue weighted by Crippen LogP contribution is -2.16. The van der Waals surface area contributed by atoms with Crippen LogP contribution in [0, 0.1) is 0 Å². The van der Waals surface area contributed by atoms with Gasteiger partial charge in [0, 0.05) is 18.8 Å². The topological polar surface area (TPSA) is 30.5 Å². The van der Waals surface area contributed by atoms with E-state index in [-0.39, 0.29) is 0 Å². The van der Waals surface area contributed by atoms with Gasteiger partial charge in [-0.15, -0.1) is 0 Å². The van der Waals surface area contributed by atoms with Crippen molar-refractivity contribution < 1.29 is 9.47 Å². The van der Waals surface area contributed by atoms with Crippen LogP contribution in [0.5, 0.6) is 5.75 Å². The Morgan fingerprint density at radius 1 is 1.06 bits per heavy atom. The molecule has 0 saturated heterocycles. The van der Waals surface area contributed by atoms with E-state index in [0.29, 0.717) is 19.3 Å². The SMILES string of the molecule is CCC(CC)Nc1ccc(OCCOC)cc1. The van der Waals surface area contributed by atoms with Crippen molar-refractivity contribution >= 4 is 5.69 Å². The van der Waals surface area contributed by atoms with Gasteiger partial charge in [0.2, 0.25) is 0 Å². The van der Waals surface area contributed by atoms with Crippen molar-refractivity contribution in [3.8, 4) is 5.75 Å². The summed E-state index contributed by atoms with van der Waals surface area (Å²) in [7, 11) is 1.67. The van der Waals surface area contributed by atoms with Crippen LogP contribution >= 0.6 is 0 Å². The third-order valence-corrected chi connectivity index (χ3v) is 2.77. The summed E-state index contributed by atoms with van der Waals surface area (Å²) in [6.07, 6.45) is 2.28. The summed E-state index contributed by atoms with van der Waals surface area (Å²) >= 11 is 0. The largest absolute Gasteiger partial charge is 0.491 e. The van der Waals surface area contributed by atoms with Gasteiger partial charge >= 0.3 is 0 Å². The van der Waals surface area contributed by atoms with E-state index in [4.69, 9.17) is 9.47 Å². The highest BCUT2D eigenvalue weighted by Gasteiger charge is 2.02. The van der Waals surface area contributed by atoms with Gasteiger partial charge in [-0.2, -0.15) is 0 Å². The second-order valence-corrected chi connectivity index (χ2v) is 4.02. The molecule has 0 spiro atoms. The molecule has 96 valence electrons. The molecule has 0 fully saturated rings. The van der Waals surface area contributed by atoms with Crippen molar-refractivity contribution in [2.45, 2.75) is 32.7 Å². The second kappa shape index (κ2) is 7.96.